The maximum absolute atomic E-state index is 13.3. The fraction of sp³-hybridized carbons (Fsp3) is 0.200. The summed E-state index contributed by atoms with van der Waals surface area (Å²) < 4.78 is 61.9. The van der Waals surface area contributed by atoms with Crippen molar-refractivity contribution in [3.63, 3.8) is 0 Å². The van der Waals surface area contributed by atoms with Crippen molar-refractivity contribution in [2.75, 3.05) is 10.2 Å². The number of hydrogen-bond donors (Lipinski definition) is 1. The smallest absolute Gasteiger partial charge is 0.307 e. The summed E-state index contributed by atoms with van der Waals surface area (Å²) in [7, 11) is -5.59. The van der Waals surface area contributed by atoms with Crippen molar-refractivity contribution in [1.82, 2.24) is 9.88 Å². The van der Waals surface area contributed by atoms with E-state index in [4.69, 9.17) is 11.6 Å². The van der Waals surface area contributed by atoms with Crippen LogP contribution in [-0.2, 0) is 21.2 Å². The number of anilines is 2. The van der Waals surface area contributed by atoms with Gasteiger partial charge in [0, 0.05) is 23.3 Å². The number of pyridine rings is 1. The van der Waals surface area contributed by atoms with E-state index >= 15 is 0 Å². The number of nitrogens with one attached hydrogen (secondary N) is 1. The summed E-state index contributed by atoms with van der Waals surface area (Å²) in [5.41, 5.74) is -6.12. The quantitative estimate of drug-likeness (QED) is 0.409. The van der Waals surface area contributed by atoms with Gasteiger partial charge in [-0.1, -0.05) is 17.7 Å². The van der Waals surface area contributed by atoms with Crippen LogP contribution in [0, 0.1) is 0 Å². The molecular weight excluding hydrogens is 561 g/mol. The zero-order chi connectivity index (χ0) is 28.8. The lowest BCUT2D eigenvalue weighted by Gasteiger charge is -2.27. The van der Waals surface area contributed by atoms with E-state index < -0.39 is 43.6 Å². The summed E-state index contributed by atoms with van der Waals surface area (Å²) in [5, 5.41) is 3.01. The van der Waals surface area contributed by atoms with Crippen molar-refractivity contribution < 1.29 is 36.0 Å². The number of benzene rings is 2. The molecule has 204 valence electrons. The number of nitrogens with zero attached hydrogens (tertiary/aromatic N) is 3. The number of halogens is 4. The van der Waals surface area contributed by atoms with Crippen LogP contribution in [0.2, 0.25) is 5.02 Å². The second-order valence-corrected chi connectivity index (χ2v) is 11.4. The van der Waals surface area contributed by atoms with Crippen LogP contribution in [-0.4, -0.2) is 47.2 Å². The lowest BCUT2D eigenvalue weighted by molar-refractivity contribution is -0.123. The number of sulfone groups is 1. The van der Waals surface area contributed by atoms with E-state index in [-0.39, 0.29) is 18.1 Å². The molecule has 0 saturated carbocycles. The molecule has 0 bridgehead atoms. The van der Waals surface area contributed by atoms with Gasteiger partial charge in [0.2, 0.25) is 0 Å². The Morgan fingerprint density at radius 3 is 2.33 bits per heavy atom. The first-order chi connectivity index (χ1) is 18.1. The van der Waals surface area contributed by atoms with E-state index in [0.29, 0.717) is 28.3 Å². The molecule has 14 heteroatoms. The number of aromatic nitrogens is 1. The maximum Gasteiger partial charge on any atom is 0.501 e. The highest BCUT2D eigenvalue weighted by atomic mass is 35.5. The summed E-state index contributed by atoms with van der Waals surface area (Å²) in [6, 6.07) is 11.9. The molecular formula is C25H20ClF3N4O5S. The second-order valence-electron chi connectivity index (χ2n) is 9.03. The van der Waals surface area contributed by atoms with E-state index in [9.17, 15) is 36.0 Å². The fourth-order valence-electron chi connectivity index (χ4n) is 3.88. The van der Waals surface area contributed by atoms with Gasteiger partial charge >= 0.3 is 11.5 Å². The molecule has 1 aromatic heterocycles. The Morgan fingerprint density at radius 2 is 1.72 bits per heavy atom. The average molecular weight is 581 g/mol. The number of rotatable bonds is 6. The van der Waals surface area contributed by atoms with Crippen LogP contribution in [0.25, 0.3) is 0 Å². The minimum Gasteiger partial charge on any atom is -0.307 e. The Balaban J connectivity index is 1.55. The third-order valence-electron chi connectivity index (χ3n) is 6.03. The first kappa shape index (κ1) is 28.0. The Hall–Kier alpha value is -3.97. The Labute approximate surface area is 226 Å². The molecule has 1 aliphatic heterocycles. The molecule has 0 spiro atoms. The largest absolute Gasteiger partial charge is 0.501 e. The van der Waals surface area contributed by atoms with E-state index in [1.165, 1.54) is 37.1 Å². The van der Waals surface area contributed by atoms with E-state index in [2.05, 4.69) is 10.3 Å². The second kappa shape index (κ2) is 9.97. The zero-order valence-electron chi connectivity index (χ0n) is 20.4. The normalized spacial score (nSPS) is 15.5. The number of carbonyl (C=O) groups is 3. The van der Waals surface area contributed by atoms with Crippen molar-refractivity contribution in [1.29, 1.82) is 0 Å². The van der Waals surface area contributed by atoms with Gasteiger partial charge in [-0.2, -0.15) is 13.2 Å². The first-order valence-corrected chi connectivity index (χ1v) is 13.1. The monoisotopic (exact) mass is 580 g/mol. The van der Waals surface area contributed by atoms with Gasteiger partial charge in [0.15, 0.2) is 0 Å². The van der Waals surface area contributed by atoms with Gasteiger partial charge in [0.1, 0.15) is 11.4 Å². The number of carbonyl (C=O) groups excluding carboxylic acids is 3. The molecule has 1 fully saturated rings. The number of urea groups is 1. The Bertz CT molecular complexity index is 1580. The minimum absolute atomic E-state index is 0.0723. The van der Waals surface area contributed by atoms with Crippen molar-refractivity contribution >= 4 is 50.8 Å². The lowest BCUT2D eigenvalue weighted by atomic mass is 10.0. The molecule has 2 aromatic carbocycles. The van der Waals surface area contributed by atoms with Gasteiger partial charge in [-0.3, -0.25) is 9.59 Å². The molecule has 1 N–H and O–H groups in total. The molecule has 2 heterocycles. The standard InChI is InChI=1S/C25H20ClF3N4O5S/c1-24(2)22(35)33(18-6-8-19(9-7-18)39(37,38)25(27,28)29)23(36)32(24)14-15-10-11-30-20(12-15)31-21(34)16-4-3-5-17(26)13-16/h3-13H,14H2,1-2H3,(H,30,31,34). The van der Waals surface area contributed by atoms with Crippen molar-refractivity contribution in [3.05, 3.63) is 83.0 Å². The number of hydrogen-bond acceptors (Lipinski definition) is 6. The van der Waals surface area contributed by atoms with Crippen LogP contribution in [0.4, 0.5) is 29.5 Å². The number of amides is 4. The maximum atomic E-state index is 13.3. The molecule has 4 amide bonds. The van der Waals surface area contributed by atoms with E-state index in [0.717, 1.165) is 17.0 Å². The van der Waals surface area contributed by atoms with Crippen molar-refractivity contribution in [2.24, 2.45) is 0 Å². The summed E-state index contributed by atoms with van der Waals surface area (Å²) in [5.74, 6) is -0.939. The van der Waals surface area contributed by atoms with Crippen LogP contribution < -0.4 is 10.2 Å². The van der Waals surface area contributed by atoms with E-state index in [1.807, 2.05) is 0 Å². The number of imide groups is 1. The summed E-state index contributed by atoms with van der Waals surface area (Å²) in [6.07, 6.45) is 1.41. The lowest BCUT2D eigenvalue weighted by Crippen LogP contribution is -2.43. The van der Waals surface area contributed by atoms with Gasteiger partial charge in [0.25, 0.3) is 21.7 Å². The van der Waals surface area contributed by atoms with Crippen LogP contribution in [0.1, 0.15) is 29.8 Å². The molecule has 9 nitrogen and oxygen atoms in total. The zero-order valence-corrected chi connectivity index (χ0v) is 21.9. The average Bonchev–Trinajstić information content (AvgIpc) is 3.03. The van der Waals surface area contributed by atoms with Crippen LogP contribution in [0.15, 0.2) is 71.8 Å². The van der Waals surface area contributed by atoms with Gasteiger partial charge in [-0.15, -0.1) is 0 Å². The molecule has 1 aliphatic rings. The molecule has 3 aromatic rings. The van der Waals surface area contributed by atoms with Crippen LogP contribution in [0.3, 0.4) is 0 Å². The predicted molar refractivity (Wildman–Crippen MR) is 136 cm³/mol. The van der Waals surface area contributed by atoms with Crippen LogP contribution in [0.5, 0.6) is 0 Å². The summed E-state index contributed by atoms with van der Waals surface area (Å²) >= 11 is 5.93. The molecule has 4 rings (SSSR count). The highest BCUT2D eigenvalue weighted by Crippen LogP contribution is 2.35. The molecule has 0 aliphatic carbocycles. The molecule has 39 heavy (non-hydrogen) atoms. The van der Waals surface area contributed by atoms with Crippen molar-refractivity contribution in [3.8, 4) is 0 Å². The summed E-state index contributed by atoms with van der Waals surface area (Å²) in [4.78, 5) is 44.1. The Kier molecular flexibility index (Phi) is 7.17. The molecule has 0 radical (unpaired) electrons. The van der Waals surface area contributed by atoms with E-state index in [1.54, 1.807) is 24.3 Å². The number of alkyl halides is 3. The van der Waals surface area contributed by atoms with Gasteiger partial charge in [-0.05, 0) is 74.0 Å². The minimum atomic E-state index is -5.59. The summed E-state index contributed by atoms with van der Waals surface area (Å²) in [6.45, 7) is 2.93. The highest BCUT2D eigenvalue weighted by Gasteiger charge is 2.52. The third-order valence-corrected chi connectivity index (χ3v) is 7.76. The Morgan fingerprint density at radius 1 is 1.05 bits per heavy atom. The molecule has 1 saturated heterocycles. The predicted octanol–water partition coefficient (Wildman–Crippen LogP) is 5.03. The van der Waals surface area contributed by atoms with Gasteiger partial charge in [-0.25, -0.2) is 23.1 Å². The van der Waals surface area contributed by atoms with Crippen LogP contribution >= 0.6 is 11.6 Å². The fourth-order valence-corrected chi connectivity index (χ4v) is 4.83. The topological polar surface area (TPSA) is 117 Å². The highest BCUT2D eigenvalue weighted by molar-refractivity contribution is 7.92. The van der Waals surface area contributed by atoms with Gasteiger partial charge in [0.05, 0.1) is 10.6 Å². The molecule has 0 atom stereocenters. The first-order valence-electron chi connectivity index (χ1n) is 11.2. The van der Waals surface area contributed by atoms with Gasteiger partial charge < -0.3 is 10.2 Å². The molecule has 0 unspecified atom stereocenters. The van der Waals surface area contributed by atoms with Crippen molar-refractivity contribution in [2.45, 2.75) is 36.3 Å². The SMILES string of the molecule is CC1(C)C(=O)N(c2ccc(S(=O)(=O)C(F)(F)F)cc2)C(=O)N1Cc1ccnc(NC(=O)c2cccc(Cl)c2)c1. The third kappa shape index (κ3) is 5.32.